The zero-order valence-corrected chi connectivity index (χ0v) is 17.0. The Balaban J connectivity index is 1.54. The molecule has 4 aromatic rings. The fraction of sp³-hybridized carbons (Fsp3) is 0.167. The van der Waals surface area contributed by atoms with E-state index in [1.165, 1.54) is 11.1 Å². The van der Waals surface area contributed by atoms with Crippen LogP contribution in [0.15, 0.2) is 84.9 Å². The van der Waals surface area contributed by atoms with Crippen LogP contribution in [0.25, 0.3) is 10.1 Å². The molecule has 1 N–H and O–H groups in total. The van der Waals surface area contributed by atoms with Crippen LogP contribution in [0.1, 0.15) is 22.1 Å². The number of halogens is 1. The molecule has 0 unspecified atom stereocenters. The van der Waals surface area contributed by atoms with Crippen molar-refractivity contribution in [1.82, 2.24) is 4.90 Å². The average molecular weight is 408 g/mol. The van der Waals surface area contributed by atoms with E-state index in [0.29, 0.717) is 6.54 Å². The quantitative estimate of drug-likeness (QED) is 0.389. The Bertz CT molecular complexity index is 991. The molecule has 0 saturated heterocycles. The summed E-state index contributed by atoms with van der Waals surface area (Å²) in [4.78, 5) is 3.27. The van der Waals surface area contributed by atoms with E-state index in [-0.39, 0.29) is 0 Å². The van der Waals surface area contributed by atoms with Gasteiger partial charge in [0.2, 0.25) is 0 Å². The summed E-state index contributed by atoms with van der Waals surface area (Å²) in [5.41, 5.74) is 2.49. The lowest BCUT2D eigenvalue weighted by Gasteiger charge is -2.25. The van der Waals surface area contributed by atoms with Crippen molar-refractivity contribution in [3.8, 4) is 0 Å². The van der Waals surface area contributed by atoms with E-state index in [1.807, 2.05) is 30.3 Å². The second-order valence-electron chi connectivity index (χ2n) is 6.99. The molecule has 4 rings (SSSR count). The predicted octanol–water partition coefficient (Wildman–Crippen LogP) is 6.29. The Hall–Kier alpha value is -2.17. The van der Waals surface area contributed by atoms with Gasteiger partial charge in [0.25, 0.3) is 0 Å². The summed E-state index contributed by atoms with van der Waals surface area (Å²) in [5, 5.41) is 12.8. The van der Waals surface area contributed by atoms with Crippen molar-refractivity contribution >= 4 is 33.0 Å². The summed E-state index contributed by atoms with van der Waals surface area (Å²) in [6.45, 7) is 2.16. The third kappa shape index (κ3) is 4.81. The van der Waals surface area contributed by atoms with Crippen LogP contribution in [0.5, 0.6) is 0 Å². The third-order valence-corrected chi connectivity index (χ3v) is 6.21. The van der Waals surface area contributed by atoms with Gasteiger partial charge in [-0.25, -0.2) is 0 Å². The summed E-state index contributed by atoms with van der Waals surface area (Å²) in [6.07, 6.45) is -0.538. The summed E-state index contributed by atoms with van der Waals surface area (Å²) >= 11 is 7.74. The van der Waals surface area contributed by atoms with Gasteiger partial charge in [-0.15, -0.1) is 11.3 Å². The van der Waals surface area contributed by atoms with Gasteiger partial charge in [-0.1, -0.05) is 72.3 Å². The molecule has 0 aliphatic rings. The normalized spacial score (nSPS) is 12.5. The fourth-order valence-electron chi connectivity index (χ4n) is 3.40. The van der Waals surface area contributed by atoms with Crippen LogP contribution in [0.2, 0.25) is 5.02 Å². The van der Waals surface area contributed by atoms with Crippen molar-refractivity contribution in [2.45, 2.75) is 19.2 Å². The molecule has 28 heavy (non-hydrogen) atoms. The third-order valence-electron chi connectivity index (χ3n) is 4.75. The largest absolute Gasteiger partial charge is 0.386 e. The highest BCUT2D eigenvalue weighted by Gasteiger charge is 2.17. The van der Waals surface area contributed by atoms with Crippen molar-refractivity contribution < 1.29 is 5.11 Å². The van der Waals surface area contributed by atoms with E-state index in [1.54, 1.807) is 11.3 Å². The number of nitrogens with zero attached hydrogens (tertiary/aromatic N) is 1. The fourth-order valence-corrected chi connectivity index (χ4v) is 4.60. The van der Waals surface area contributed by atoms with E-state index in [4.69, 9.17) is 11.6 Å². The Labute approximate surface area is 174 Å². The Morgan fingerprint density at radius 2 is 1.43 bits per heavy atom. The van der Waals surface area contributed by atoms with Gasteiger partial charge in [-0.05, 0) is 40.8 Å². The number of aliphatic hydroxyl groups is 1. The summed E-state index contributed by atoms with van der Waals surface area (Å²) < 4.78 is 1.15. The first-order valence-electron chi connectivity index (χ1n) is 9.34. The molecular formula is C24H22ClNOS. The van der Waals surface area contributed by atoms with E-state index < -0.39 is 6.10 Å². The van der Waals surface area contributed by atoms with Crippen LogP contribution in [0.4, 0.5) is 0 Å². The number of fused-ring (bicyclic) bond motifs is 1. The second-order valence-corrected chi connectivity index (χ2v) is 8.54. The molecule has 142 valence electrons. The molecule has 0 saturated carbocycles. The highest BCUT2D eigenvalue weighted by molar-refractivity contribution is 7.19. The Morgan fingerprint density at radius 1 is 0.821 bits per heavy atom. The van der Waals surface area contributed by atoms with Gasteiger partial charge in [0.1, 0.15) is 6.10 Å². The van der Waals surface area contributed by atoms with E-state index in [0.717, 1.165) is 33.1 Å². The Kier molecular flexibility index (Phi) is 6.08. The monoisotopic (exact) mass is 407 g/mol. The lowest BCUT2D eigenvalue weighted by Crippen LogP contribution is -2.27. The lowest BCUT2D eigenvalue weighted by atomic mass is 10.1. The SMILES string of the molecule is O[C@H](CN(Cc1ccccc1)Cc1ccccc1)c1cc2cc(Cl)ccc2s1. The van der Waals surface area contributed by atoms with E-state index >= 15 is 0 Å². The van der Waals surface area contributed by atoms with Gasteiger partial charge >= 0.3 is 0 Å². The van der Waals surface area contributed by atoms with Gasteiger partial charge in [0, 0.05) is 34.2 Å². The molecule has 4 heteroatoms. The van der Waals surface area contributed by atoms with Crippen molar-refractivity contribution in [1.29, 1.82) is 0 Å². The van der Waals surface area contributed by atoms with Crippen LogP contribution in [-0.2, 0) is 13.1 Å². The zero-order chi connectivity index (χ0) is 19.3. The van der Waals surface area contributed by atoms with Gasteiger partial charge in [0.05, 0.1) is 0 Å². The number of rotatable bonds is 7. The smallest absolute Gasteiger partial charge is 0.101 e. The number of hydrogen-bond acceptors (Lipinski definition) is 3. The molecule has 0 radical (unpaired) electrons. The summed E-state index contributed by atoms with van der Waals surface area (Å²) in [7, 11) is 0. The first kappa shape index (κ1) is 19.2. The highest BCUT2D eigenvalue weighted by Crippen LogP contribution is 2.32. The molecule has 1 atom stereocenters. The number of thiophene rings is 1. The molecule has 0 spiro atoms. The minimum absolute atomic E-state index is 0.538. The predicted molar refractivity (Wildman–Crippen MR) is 119 cm³/mol. The van der Waals surface area contributed by atoms with Crippen LogP contribution in [0.3, 0.4) is 0 Å². The lowest BCUT2D eigenvalue weighted by molar-refractivity contribution is 0.107. The second kappa shape index (κ2) is 8.89. The van der Waals surface area contributed by atoms with Gasteiger partial charge in [0.15, 0.2) is 0 Å². The molecule has 0 fully saturated rings. The van der Waals surface area contributed by atoms with Gasteiger partial charge in [-0.3, -0.25) is 4.90 Å². The van der Waals surface area contributed by atoms with Crippen LogP contribution in [-0.4, -0.2) is 16.6 Å². The van der Waals surface area contributed by atoms with Gasteiger partial charge < -0.3 is 5.11 Å². The molecule has 0 amide bonds. The molecule has 0 bridgehead atoms. The van der Waals surface area contributed by atoms with E-state index in [9.17, 15) is 5.11 Å². The van der Waals surface area contributed by atoms with Crippen LogP contribution in [0, 0.1) is 0 Å². The maximum Gasteiger partial charge on any atom is 0.101 e. The molecule has 3 aromatic carbocycles. The molecule has 0 aliphatic carbocycles. The topological polar surface area (TPSA) is 23.5 Å². The first-order valence-corrected chi connectivity index (χ1v) is 10.5. The summed E-state index contributed by atoms with van der Waals surface area (Å²) in [5.74, 6) is 0. The van der Waals surface area contributed by atoms with Crippen molar-refractivity contribution in [2.75, 3.05) is 6.54 Å². The molecule has 2 nitrogen and oxygen atoms in total. The average Bonchev–Trinajstić information content (AvgIpc) is 3.13. The van der Waals surface area contributed by atoms with Crippen LogP contribution >= 0.6 is 22.9 Å². The number of aliphatic hydroxyl groups excluding tert-OH is 1. The van der Waals surface area contributed by atoms with E-state index in [2.05, 4.69) is 59.5 Å². The number of hydrogen-bond donors (Lipinski definition) is 1. The minimum atomic E-state index is -0.538. The molecule has 1 aromatic heterocycles. The van der Waals surface area contributed by atoms with Crippen molar-refractivity contribution in [3.63, 3.8) is 0 Å². The molecule has 0 aliphatic heterocycles. The Morgan fingerprint density at radius 3 is 2.04 bits per heavy atom. The first-order chi connectivity index (χ1) is 13.7. The van der Waals surface area contributed by atoms with Crippen molar-refractivity contribution in [3.05, 3.63) is 106 Å². The van der Waals surface area contributed by atoms with Crippen molar-refractivity contribution in [2.24, 2.45) is 0 Å². The molecule has 1 heterocycles. The zero-order valence-electron chi connectivity index (χ0n) is 15.5. The molecular weight excluding hydrogens is 386 g/mol. The highest BCUT2D eigenvalue weighted by atomic mass is 35.5. The van der Waals surface area contributed by atoms with Crippen LogP contribution < -0.4 is 0 Å². The maximum atomic E-state index is 11.0. The summed E-state index contributed by atoms with van der Waals surface area (Å²) in [6, 6.07) is 28.7. The standard InChI is InChI=1S/C24H22ClNOS/c25-21-11-12-23-20(13-21)14-24(28-23)22(27)17-26(15-18-7-3-1-4-8-18)16-19-9-5-2-6-10-19/h1-14,22,27H,15-17H2/t22-/m1/s1. The number of benzene rings is 3. The minimum Gasteiger partial charge on any atom is -0.386 e. The maximum absolute atomic E-state index is 11.0. The van der Waals surface area contributed by atoms with Gasteiger partial charge in [-0.2, -0.15) is 0 Å².